The van der Waals surface area contributed by atoms with Gasteiger partial charge in [-0.15, -0.1) is 0 Å². The maximum absolute atomic E-state index is 10.6. The number of nitriles is 1. The van der Waals surface area contributed by atoms with E-state index in [1.807, 2.05) is 20.2 Å². The minimum atomic E-state index is -0.851. The van der Waals surface area contributed by atoms with Gasteiger partial charge < -0.3 is 5.11 Å². The largest absolute Gasteiger partial charge is 0.383 e. The lowest BCUT2D eigenvalue weighted by molar-refractivity contribution is 0.218. The van der Waals surface area contributed by atoms with Crippen LogP contribution in [0.25, 0.3) is 0 Å². The molecule has 110 valence electrons. The van der Waals surface area contributed by atoms with Crippen LogP contribution in [0.4, 0.5) is 0 Å². The van der Waals surface area contributed by atoms with Gasteiger partial charge in [0.25, 0.3) is 0 Å². The summed E-state index contributed by atoms with van der Waals surface area (Å²) < 4.78 is 3.48. The van der Waals surface area contributed by atoms with Crippen LogP contribution < -0.4 is 0 Å². The van der Waals surface area contributed by atoms with Crippen molar-refractivity contribution in [3.63, 3.8) is 0 Å². The van der Waals surface area contributed by atoms with E-state index in [1.54, 1.807) is 15.6 Å². The summed E-state index contributed by atoms with van der Waals surface area (Å²) in [7, 11) is 1.83. The van der Waals surface area contributed by atoms with E-state index in [9.17, 15) is 10.4 Å². The van der Waals surface area contributed by atoms with Crippen LogP contribution in [0, 0.1) is 17.2 Å². The lowest BCUT2D eigenvalue weighted by atomic mass is 10.0. The number of hydrogen-bond acceptors (Lipinski definition) is 4. The highest BCUT2D eigenvalue weighted by Crippen LogP contribution is 2.32. The van der Waals surface area contributed by atoms with E-state index in [0.29, 0.717) is 17.2 Å². The molecule has 0 bridgehead atoms. The monoisotopic (exact) mass is 285 g/mol. The van der Waals surface area contributed by atoms with Gasteiger partial charge in [-0.05, 0) is 25.2 Å². The fraction of sp³-hybridized carbons (Fsp3) is 0.533. The molecule has 1 N–H and O–H groups in total. The summed E-state index contributed by atoms with van der Waals surface area (Å²) in [5.41, 5.74) is 2.47. The Kier molecular flexibility index (Phi) is 3.52. The predicted octanol–water partition coefficient (Wildman–Crippen LogP) is 1.54. The van der Waals surface area contributed by atoms with Crippen molar-refractivity contribution in [2.75, 3.05) is 0 Å². The second kappa shape index (κ2) is 5.34. The van der Waals surface area contributed by atoms with Crippen molar-refractivity contribution >= 4 is 0 Å². The smallest absolute Gasteiger partial charge is 0.168 e. The summed E-state index contributed by atoms with van der Waals surface area (Å²) in [6.07, 6.45) is 5.95. The summed E-state index contributed by atoms with van der Waals surface area (Å²) in [6, 6.07) is 2.09. The van der Waals surface area contributed by atoms with Gasteiger partial charge >= 0.3 is 0 Å². The average Bonchev–Trinajstić information content (AvgIpc) is 3.06. The minimum Gasteiger partial charge on any atom is -0.383 e. The van der Waals surface area contributed by atoms with Crippen LogP contribution in [0.15, 0.2) is 12.4 Å². The van der Waals surface area contributed by atoms with Crippen LogP contribution in [-0.4, -0.2) is 24.7 Å². The Labute approximate surface area is 123 Å². The zero-order valence-electron chi connectivity index (χ0n) is 12.3. The van der Waals surface area contributed by atoms with E-state index < -0.39 is 6.10 Å². The molecule has 3 rings (SSSR count). The standard InChI is InChI=1S/C15H19N5O/c1-3-13-11(8-19(2)17-13)15(21)12-9-20(7-10-4-5-10)18-14(12)6-16/h8-10,15,21H,3-5,7H2,1-2H3. The van der Waals surface area contributed by atoms with Gasteiger partial charge in [0.1, 0.15) is 12.2 Å². The first-order valence-electron chi connectivity index (χ1n) is 7.30. The molecule has 1 aliphatic rings. The summed E-state index contributed by atoms with van der Waals surface area (Å²) in [4.78, 5) is 0. The Hall–Kier alpha value is -2.13. The molecule has 21 heavy (non-hydrogen) atoms. The second-order valence-corrected chi connectivity index (χ2v) is 5.67. The van der Waals surface area contributed by atoms with Crippen LogP contribution in [0.1, 0.15) is 48.4 Å². The van der Waals surface area contributed by atoms with Crippen LogP contribution in [0.5, 0.6) is 0 Å². The molecule has 1 unspecified atom stereocenters. The molecule has 0 radical (unpaired) electrons. The van der Waals surface area contributed by atoms with Crippen molar-refractivity contribution < 1.29 is 5.11 Å². The molecule has 0 amide bonds. The van der Waals surface area contributed by atoms with Gasteiger partial charge in [-0.2, -0.15) is 15.5 Å². The van der Waals surface area contributed by atoms with Gasteiger partial charge in [0.05, 0.1) is 5.69 Å². The maximum atomic E-state index is 10.6. The third kappa shape index (κ3) is 2.69. The highest BCUT2D eigenvalue weighted by Gasteiger charge is 2.26. The SMILES string of the molecule is CCc1nn(C)cc1C(O)c1cn(CC2CC2)nc1C#N. The molecule has 2 heterocycles. The van der Waals surface area contributed by atoms with Crippen LogP contribution in [-0.2, 0) is 20.0 Å². The fourth-order valence-corrected chi connectivity index (χ4v) is 2.61. The zero-order valence-corrected chi connectivity index (χ0v) is 12.3. The fourth-order valence-electron chi connectivity index (χ4n) is 2.61. The van der Waals surface area contributed by atoms with Crippen LogP contribution in [0.2, 0.25) is 0 Å². The first kappa shape index (κ1) is 13.8. The molecule has 2 aromatic heterocycles. The van der Waals surface area contributed by atoms with Crippen molar-refractivity contribution in [1.82, 2.24) is 19.6 Å². The molecule has 6 heteroatoms. The van der Waals surface area contributed by atoms with Crippen molar-refractivity contribution in [1.29, 1.82) is 5.26 Å². The molecular weight excluding hydrogens is 266 g/mol. The number of aromatic nitrogens is 4. The van der Waals surface area contributed by atoms with Crippen molar-refractivity contribution in [2.45, 2.75) is 38.8 Å². The molecule has 2 aromatic rings. The van der Waals surface area contributed by atoms with Gasteiger partial charge in [-0.25, -0.2) is 0 Å². The third-order valence-electron chi connectivity index (χ3n) is 3.90. The van der Waals surface area contributed by atoms with Gasteiger partial charge in [-0.3, -0.25) is 9.36 Å². The van der Waals surface area contributed by atoms with E-state index >= 15 is 0 Å². The predicted molar refractivity (Wildman–Crippen MR) is 76.3 cm³/mol. The van der Waals surface area contributed by atoms with E-state index in [-0.39, 0.29) is 0 Å². The Morgan fingerprint density at radius 3 is 2.76 bits per heavy atom. The quantitative estimate of drug-likeness (QED) is 0.903. The lowest BCUT2D eigenvalue weighted by Gasteiger charge is -2.08. The maximum Gasteiger partial charge on any atom is 0.168 e. The number of aliphatic hydroxyl groups is 1. The van der Waals surface area contributed by atoms with E-state index in [1.165, 1.54) is 12.8 Å². The number of rotatable bonds is 5. The Balaban J connectivity index is 1.94. The Morgan fingerprint density at radius 1 is 1.38 bits per heavy atom. The molecule has 0 spiro atoms. The molecule has 6 nitrogen and oxygen atoms in total. The van der Waals surface area contributed by atoms with E-state index in [2.05, 4.69) is 16.3 Å². The summed E-state index contributed by atoms with van der Waals surface area (Å²) in [6.45, 7) is 2.83. The Morgan fingerprint density at radius 2 is 2.14 bits per heavy atom. The molecular formula is C15H19N5O. The molecule has 1 aliphatic carbocycles. The van der Waals surface area contributed by atoms with Crippen molar-refractivity contribution in [3.05, 3.63) is 34.9 Å². The third-order valence-corrected chi connectivity index (χ3v) is 3.90. The molecule has 0 aliphatic heterocycles. The average molecular weight is 285 g/mol. The van der Waals surface area contributed by atoms with Crippen molar-refractivity contribution in [2.24, 2.45) is 13.0 Å². The topological polar surface area (TPSA) is 79.7 Å². The highest BCUT2D eigenvalue weighted by molar-refractivity contribution is 5.38. The highest BCUT2D eigenvalue weighted by atomic mass is 16.3. The number of aryl methyl sites for hydroxylation is 2. The number of aliphatic hydroxyl groups excluding tert-OH is 1. The first-order valence-corrected chi connectivity index (χ1v) is 7.30. The van der Waals surface area contributed by atoms with Gasteiger partial charge in [0.15, 0.2) is 5.69 Å². The summed E-state index contributed by atoms with van der Waals surface area (Å²) >= 11 is 0. The molecule has 1 atom stereocenters. The summed E-state index contributed by atoms with van der Waals surface area (Å²) in [5, 5.41) is 28.5. The number of hydrogen-bond donors (Lipinski definition) is 1. The van der Waals surface area contributed by atoms with Crippen LogP contribution in [0.3, 0.4) is 0 Å². The van der Waals surface area contributed by atoms with Gasteiger partial charge in [0.2, 0.25) is 0 Å². The number of nitrogens with zero attached hydrogens (tertiary/aromatic N) is 5. The van der Waals surface area contributed by atoms with Crippen LogP contribution >= 0.6 is 0 Å². The van der Waals surface area contributed by atoms with Gasteiger partial charge in [-0.1, -0.05) is 6.92 Å². The molecule has 0 aromatic carbocycles. The van der Waals surface area contributed by atoms with E-state index in [0.717, 1.165) is 24.2 Å². The minimum absolute atomic E-state index is 0.300. The van der Waals surface area contributed by atoms with Gasteiger partial charge in [0, 0.05) is 37.1 Å². The Bertz CT molecular complexity index is 689. The molecule has 1 saturated carbocycles. The van der Waals surface area contributed by atoms with E-state index in [4.69, 9.17) is 0 Å². The second-order valence-electron chi connectivity index (χ2n) is 5.67. The lowest BCUT2D eigenvalue weighted by Crippen LogP contribution is -2.03. The molecule has 1 fully saturated rings. The van der Waals surface area contributed by atoms with Crippen molar-refractivity contribution in [3.8, 4) is 6.07 Å². The summed E-state index contributed by atoms with van der Waals surface area (Å²) in [5.74, 6) is 0.672. The first-order chi connectivity index (χ1) is 10.1. The zero-order chi connectivity index (χ0) is 15.0. The molecule has 0 saturated heterocycles. The normalized spacial score (nSPS) is 15.9.